The smallest absolute Gasteiger partial charge is 0.170 e. The van der Waals surface area contributed by atoms with E-state index in [0.29, 0.717) is 5.11 Å². The molecule has 1 saturated heterocycles. The van der Waals surface area contributed by atoms with Gasteiger partial charge in [0, 0.05) is 25.3 Å². The highest BCUT2D eigenvalue weighted by molar-refractivity contribution is 7.80. The van der Waals surface area contributed by atoms with Gasteiger partial charge >= 0.3 is 0 Å². The van der Waals surface area contributed by atoms with E-state index >= 15 is 0 Å². The van der Waals surface area contributed by atoms with Crippen molar-refractivity contribution in [1.29, 1.82) is 0 Å². The average molecular weight is 400 g/mol. The number of morpholine rings is 1. The first kappa shape index (κ1) is 20.6. The predicted octanol–water partition coefficient (Wildman–Crippen LogP) is 3.62. The molecule has 150 valence electrons. The van der Waals surface area contributed by atoms with Gasteiger partial charge < -0.3 is 20.1 Å². The van der Waals surface area contributed by atoms with Crippen LogP contribution in [-0.2, 0) is 11.2 Å². The molecule has 0 unspecified atom stereocenters. The number of nitrogens with one attached hydrogen (secondary N) is 2. The Hall–Kier alpha value is -2.15. The van der Waals surface area contributed by atoms with Gasteiger partial charge in [0.05, 0.1) is 26.4 Å². The molecule has 1 fully saturated rings. The van der Waals surface area contributed by atoms with E-state index in [9.17, 15) is 0 Å². The number of methoxy groups -OCH3 is 1. The van der Waals surface area contributed by atoms with Crippen LogP contribution in [0.4, 0.5) is 5.69 Å². The lowest BCUT2D eigenvalue weighted by atomic mass is 10.0. The SMILES string of the molecule is CCc1ccc(NC(=S)NC[C@@H](c2ccc(OC)cc2)N2CCOCC2)cc1. The molecule has 2 aromatic carbocycles. The lowest BCUT2D eigenvalue weighted by Gasteiger charge is -2.35. The van der Waals surface area contributed by atoms with Crippen molar-refractivity contribution in [2.75, 3.05) is 45.3 Å². The van der Waals surface area contributed by atoms with Crippen LogP contribution in [0.1, 0.15) is 24.1 Å². The molecule has 5 nitrogen and oxygen atoms in total. The van der Waals surface area contributed by atoms with E-state index in [2.05, 4.69) is 58.9 Å². The van der Waals surface area contributed by atoms with Crippen molar-refractivity contribution < 1.29 is 9.47 Å². The van der Waals surface area contributed by atoms with Crippen molar-refractivity contribution in [3.05, 3.63) is 59.7 Å². The molecule has 6 heteroatoms. The van der Waals surface area contributed by atoms with Gasteiger partial charge in [0.25, 0.3) is 0 Å². The molecule has 0 aromatic heterocycles. The summed E-state index contributed by atoms with van der Waals surface area (Å²) in [6.07, 6.45) is 1.03. The van der Waals surface area contributed by atoms with Crippen molar-refractivity contribution in [2.24, 2.45) is 0 Å². The molecule has 3 rings (SSSR count). The Balaban J connectivity index is 1.63. The van der Waals surface area contributed by atoms with Crippen molar-refractivity contribution in [3.8, 4) is 5.75 Å². The number of anilines is 1. The number of aryl methyl sites for hydroxylation is 1. The first-order valence-corrected chi connectivity index (χ1v) is 10.2. The number of hydrogen-bond acceptors (Lipinski definition) is 4. The van der Waals surface area contributed by atoms with Crippen molar-refractivity contribution in [1.82, 2.24) is 10.2 Å². The number of hydrogen-bond donors (Lipinski definition) is 2. The molecule has 28 heavy (non-hydrogen) atoms. The highest BCUT2D eigenvalue weighted by Gasteiger charge is 2.22. The third kappa shape index (κ3) is 5.67. The minimum atomic E-state index is 0.219. The van der Waals surface area contributed by atoms with Gasteiger partial charge in [0.2, 0.25) is 0 Å². The lowest BCUT2D eigenvalue weighted by molar-refractivity contribution is 0.0170. The van der Waals surface area contributed by atoms with Crippen LogP contribution in [0.3, 0.4) is 0 Å². The molecule has 1 heterocycles. The summed E-state index contributed by atoms with van der Waals surface area (Å²) in [4.78, 5) is 2.44. The number of benzene rings is 2. The maximum Gasteiger partial charge on any atom is 0.170 e. The van der Waals surface area contributed by atoms with E-state index in [4.69, 9.17) is 21.7 Å². The van der Waals surface area contributed by atoms with E-state index in [1.165, 1.54) is 11.1 Å². The van der Waals surface area contributed by atoms with E-state index in [-0.39, 0.29) is 6.04 Å². The van der Waals surface area contributed by atoms with E-state index < -0.39 is 0 Å². The summed E-state index contributed by atoms with van der Waals surface area (Å²) in [5.74, 6) is 0.866. The van der Waals surface area contributed by atoms with Crippen LogP contribution >= 0.6 is 12.2 Å². The van der Waals surface area contributed by atoms with Crippen LogP contribution in [-0.4, -0.2) is 50.0 Å². The first-order chi connectivity index (χ1) is 13.7. The Morgan fingerprint density at radius 2 is 1.79 bits per heavy atom. The molecule has 0 bridgehead atoms. The van der Waals surface area contributed by atoms with Gasteiger partial charge in [0.15, 0.2) is 5.11 Å². The molecule has 1 aliphatic heterocycles. The molecule has 0 radical (unpaired) electrons. The lowest BCUT2D eigenvalue weighted by Crippen LogP contribution is -2.44. The third-order valence-corrected chi connectivity index (χ3v) is 5.31. The zero-order valence-corrected chi connectivity index (χ0v) is 17.4. The normalized spacial score (nSPS) is 15.6. The quantitative estimate of drug-likeness (QED) is 0.694. The Kier molecular flexibility index (Phi) is 7.65. The minimum absolute atomic E-state index is 0.219. The fourth-order valence-electron chi connectivity index (χ4n) is 3.36. The second kappa shape index (κ2) is 10.4. The largest absolute Gasteiger partial charge is 0.497 e. The van der Waals surface area contributed by atoms with Crippen molar-refractivity contribution in [2.45, 2.75) is 19.4 Å². The van der Waals surface area contributed by atoms with Gasteiger partial charge in [-0.25, -0.2) is 0 Å². The average Bonchev–Trinajstić information content (AvgIpc) is 2.75. The molecular weight excluding hydrogens is 370 g/mol. The molecule has 0 saturated carbocycles. The maximum absolute atomic E-state index is 5.53. The van der Waals surface area contributed by atoms with Crippen LogP contribution in [0.15, 0.2) is 48.5 Å². The standard InChI is InChI=1S/C22H29N3O2S/c1-3-17-4-8-19(9-5-17)24-22(28)23-16-21(25-12-14-27-15-13-25)18-6-10-20(26-2)11-7-18/h4-11,21H,3,12-16H2,1-2H3,(H2,23,24,28)/t21-/m0/s1. The van der Waals surface area contributed by atoms with E-state index in [1.807, 2.05) is 12.1 Å². The summed E-state index contributed by atoms with van der Waals surface area (Å²) in [6.45, 7) is 6.23. The molecule has 1 atom stereocenters. The van der Waals surface area contributed by atoms with Crippen LogP contribution in [0.2, 0.25) is 0 Å². The summed E-state index contributed by atoms with van der Waals surface area (Å²) in [6, 6.07) is 16.9. The monoisotopic (exact) mass is 399 g/mol. The van der Waals surface area contributed by atoms with Gasteiger partial charge in [-0.2, -0.15) is 0 Å². The molecule has 2 N–H and O–H groups in total. The second-order valence-corrected chi connectivity index (χ2v) is 7.23. The zero-order chi connectivity index (χ0) is 19.8. The Morgan fingerprint density at radius 3 is 2.39 bits per heavy atom. The fourth-order valence-corrected chi connectivity index (χ4v) is 3.56. The summed E-state index contributed by atoms with van der Waals surface area (Å²) in [5, 5.41) is 7.30. The highest BCUT2D eigenvalue weighted by Crippen LogP contribution is 2.23. The van der Waals surface area contributed by atoms with Gasteiger partial charge in [-0.3, -0.25) is 4.90 Å². The number of nitrogens with zero attached hydrogens (tertiary/aromatic N) is 1. The summed E-state index contributed by atoms with van der Waals surface area (Å²) < 4.78 is 10.8. The Morgan fingerprint density at radius 1 is 1.11 bits per heavy atom. The summed E-state index contributed by atoms with van der Waals surface area (Å²) >= 11 is 5.52. The zero-order valence-electron chi connectivity index (χ0n) is 16.6. The van der Waals surface area contributed by atoms with E-state index in [0.717, 1.165) is 50.7 Å². The topological polar surface area (TPSA) is 45.8 Å². The maximum atomic E-state index is 5.53. The molecular formula is C22H29N3O2S. The number of thiocarbonyl (C=S) groups is 1. The van der Waals surface area contributed by atoms with Crippen molar-refractivity contribution >= 4 is 23.0 Å². The highest BCUT2D eigenvalue weighted by atomic mass is 32.1. The Bertz CT molecular complexity index is 743. The molecule has 1 aliphatic rings. The van der Waals surface area contributed by atoms with E-state index in [1.54, 1.807) is 7.11 Å². The first-order valence-electron chi connectivity index (χ1n) is 9.79. The summed E-state index contributed by atoms with van der Waals surface area (Å²) in [7, 11) is 1.69. The number of ether oxygens (including phenoxy) is 2. The van der Waals surface area contributed by atoms with Gasteiger partial charge in [0.1, 0.15) is 5.75 Å². The van der Waals surface area contributed by atoms with Crippen LogP contribution in [0.5, 0.6) is 5.75 Å². The minimum Gasteiger partial charge on any atom is -0.497 e. The van der Waals surface area contributed by atoms with Crippen LogP contribution in [0.25, 0.3) is 0 Å². The predicted molar refractivity (Wildman–Crippen MR) is 118 cm³/mol. The number of rotatable bonds is 7. The Labute approximate surface area is 173 Å². The molecule has 0 amide bonds. The molecule has 2 aromatic rings. The molecule has 0 aliphatic carbocycles. The molecule has 0 spiro atoms. The van der Waals surface area contributed by atoms with Crippen LogP contribution < -0.4 is 15.4 Å². The van der Waals surface area contributed by atoms with Crippen molar-refractivity contribution in [3.63, 3.8) is 0 Å². The fraction of sp³-hybridized carbons (Fsp3) is 0.409. The van der Waals surface area contributed by atoms with Crippen LogP contribution in [0, 0.1) is 0 Å². The second-order valence-electron chi connectivity index (χ2n) is 6.82. The third-order valence-electron chi connectivity index (χ3n) is 5.06. The van der Waals surface area contributed by atoms with Gasteiger partial charge in [-0.15, -0.1) is 0 Å². The summed E-state index contributed by atoms with van der Waals surface area (Å²) in [5.41, 5.74) is 3.56. The van der Waals surface area contributed by atoms with Gasteiger partial charge in [-0.1, -0.05) is 31.2 Å². The van der Waals surface area contributed by atoms with Gasteiger partial charge in [-0.05, 0) is 54.0 Å².